The van der Waals surface area contributed by atoms with E-state index in [-0.39, 0.29) is 0 Å². The van der Waals surface area contributed by atoms with E-state index in [4.69, 9.17) is 11.6 Å². The second-order valence-corrected chi connectivity index (χ2v) is 7.08. The molecular weight excluding hydrogens is 368 g/mol. The van der Waals surface area contributed by atoms with Crippen molar-refractivity contribution >= 4 is 45.0 Å². The normalized spacial score (nSPS) is 11.2. The zero-order valence-electron chi connectivity index (χ0n) is 15.0. The van der Waals surface area contributed by atoms with Gasteiger partial charge in [-0.2, -0.15) is 0 Å². The van der Waals surface area contributed by atoms with Gasteiger partial charge in [0.25, 0.3) is 0 Å². The molecule has 2 aromatic heterocycles. The number of nitrogens with one attached hydrogen (secondary N) is 1. The monoisotopic (exact) mass is 384 g/mol. The van der Waals surface area contributed by atoms with Crippen LogP contribution in [-0.4, -0.2) is 14.5 Å². The van der Waals surface area contributed by atoms with E-state index in [0.29, 0.717) is 5.02 Å². The van der Waals surface area contributed by atoms with Crippen LogP contribution in [0.4, 0.5) is 11.5 Å². The summed E-state index contributed by atoms with van der Waals surface area (Å²) in [5.41, 5.74) is 4.17. The van der Waals surface area contributed by atoms with Gasteiger partial charge in [-0.05, 0) is 29.8 Å². The van der Waals surface area contributed by atoms with Crippen LogP contribution < -0.4 is 5.32 Å². The van der Waals surface area contributed by atoms with Crippen molar-refractivity contribution in [3.63, 3.8) is 0 Å². The second-order valence-electron chi connectivity index (χ2n) is 6.65. The first kappa shape index (κ1) is 16.8. The molecule has 0 unspecified atom stereocenters. The second kappa shape index (κ2) is 6.98. The fourth-order valence-electron chi connectivity index (χ4n) is 3.59. The summed E-state index contributed by atoms with van der Waals surface area (Å²) >= 11 is 6.14. The maximum atomic E-state index is 6.14. The van der Waals surface area contributed by atoms with Crippen LogP contribution in [0.2, 0.25) is 5.02 Å². The van der Waals surface area contributed by atoms with Gasteiger partial charge in [-0.25, -0.2) is 9.97 Å². The van der Waals surface area contributed by atoms with E-state index in [1.807, 2.05) is 36.4 Å². The number of rotatable bonds is 4. The van der Waals surface area contributed by atoms with E-state index in [2.05, 4.69) is 62.3 Å². The largest absolute Gasteiger partial charge is 0.340 e. The Hall–Kier alpha value is -3.37. The molecular formula is C23H17ClN4. The standard InChI is InChI=1S/C23H17ClN4/c24-17-9-6-10-18(13-17)27-22-21-19-11-4-5-12-20(19)28(23(21)26-15-25-22)14-16-7-2-1-3-8-16/h1-13,15H,14H2,(H,25,26,27). The van der Waals surface area contributed by atoms with Crippen molar-refractivity contribution in [2.24, 2.45) is 0 Å². The Morgan fingerprint density at radius 2 is 1.68 bits per heavy atom. The first-order valence-electron chi connectivity index (χ1n) is 9.08. The molecule has 0 amide bonds. The van der Waals surface area contributed by atoms with E-state index in [1.54, 1.807) is 6.33 Å². The molecule has 0 aliphatic heterocycles. The highest BCUT2D eigenvalue weighted by Gasteiger charge is 2.16. The van der Waals surface area contributed by atoms with Gasteiger partial charge < -0.3 is 9.88 Å². The third-order valence-electron chi connectivity index (χ3n) is 4.82. The summed E-state index contributed by atoms with van der Waals surface area (Å²) in [6, 6.07) is 26.4. The Kier molecular flexibility index (Phi) is 4.18. The maximum absolute atomic E-state index is 6.14. The van der Waals surface area contributed by atoms with E-state index in [9.17, 15) is 0 Å². The molecule has 4 nitrogen and oxygen atoms in total. The number of anilines is 2. The topological polar surface area (TPSA) is 42.7 Å². The molecule has 0 saturated heterocycles. The highest BCUT2D eigenvalue weighted by atomic mass is 35.5. The molecule has 0 bridgehead atoms. The zero-order chi connectivity index (χ0) is 18.9. The Balaban J connectivity index is 1.70. The van der Waals surface area contributed by atoms with Gasteiger partial charge in [0.1, 0.15) is 17.8 Å². The number of benzene rings is 3. The maximum Gasteiger partial charge on any atom is 0.146 e. The lowest BCUT2D eigenvalue weighted by Crippen LogP contribution is -2.01. The molecule has 0 spiro atoms. The molecule has 0 radical (unpaired) electrons. The fourth-order valence-corrected chi connectivity index (χ4v) is 3.78. The summed E-state index contributed by atoms with van der Waals surface area (Å²) in [6.07, 6.45) is 1.61. The molecule has 136 valence electrons. The van der Waals surface area contributed by atoms with Crippen LogP contribution in [-0.2, 0) is 6.54 Å². The van der Waals surface area contributed by atoms with E-state index in [0.717, 1.165) is 40.0 Å². The third kappa shape index (κ3) is 2.98. The molecule has 0 saturated carbocycles. The molecule has 5 heteroatoms. The first-order valence-corrected chi connectivity index (χ1v) is 9.46. The van der Waals surface area contributed by atoms with Gasteiger partial charge in [0.2, 0.25) is 0 Å². The minimum absolute atomic E-state index is 0.682. The molecule has 0 fully saturated rings. The van der Waals surface area contributed by atoms with Crippen LogP contribution in [0.3, 0.4) is 0 Å². The first-order chi connectivity index (χ1) is 13.8. The molecule has 1 N–H and O–H groups in total. The summed E-state index contributed by atoms with van der Waals surface area (Å²) in [7, 11) is 0. The number of hydrogen-bond acceptors (Lipinski definition) is 3. The van der Waals surface area contributed by atoms with E-state index in [1.165, 1.54) is 5.56 Å². The van der Waals surface area contributed by atoms with Gasteiger partial charge in [-0.15, -0.1) is 0 Å². The SMILES string of the molecule is Clc1cccc(Nc2ncnc3c2c2ccccc2n3Cc2ccccc2)c1. The predicted molar refractivity (Wildman–Crippen MR) is 115 cm³/mol. The lowest BCUT2D eigenvalue weighted by Gasteiger charge is -2.09. The van der Waals surface area contributed by atoms with Crippen molar-refractivity contribution in [3.05, 3.63) is 95.8 Å². The van der Waals surface area contributed by atoms with Gasteiger partial charge in [0.15, 0.2) is 0 Å². The summed E-state index contributed by atoms with van der Waals surface area (Å²) in [5.74, 6) is 0.773. The lowest BCUT2D eigenvalue weighted by atomic mass is 10.2. The van der Waals surface area contributed by atoms with Gasteiger partial charge in [0.05, 0.1) is 10.9 Å². The molecule has 0 aliphatic carbocycles. The smallest absolute Gasteiger partial charge is 0.146 e. The quantitative estimate of drug-likeness (QED) is 0.411. The molecule has 5 aromatic rings. The number of nitrogens with zero attached hydrogens (tertiary/aromatic N) is 3. The van der Waals surface area contributed by atoms with Crippen LogP contribution in [0.1, 0.15) is 5.56 Å². The molecule has 3 aromatic carbocycles. The summed E-state index contributed by atoms with van der Waals surface area (Å²) < 4.78 is 2.24. The van der Waals surface area contributed by atoms with Crippen molar-refractivity contribution in [1.82, 2.24) is 14.5 Å². The number of fused-ring (bicyclic) bond motifs is 3. The number of para-hydroxylation sites is 1. The van der Waals surface area contributed by atoms with E-state index < -0.39 is 0 Å². The minimum Gasteiger partial charge on any atom is -0.340 e. The van der Waals surface area contributed by atoms with Gasteiger partial charge >= 0.3 is 0 Å². The van der Waals surface area contributed by atoms with Crippen molar-refractivity contribution < 1.29 is 0 Å². The Labute approximate surface area is 167 Å². The summed E-state index contributed by atoms with van der Waals surface area (Å²) in [6.45, 7) is 0.748. The van der Waals surface area contributed by atoms with E-state index >= 15 is 0 Å². The van der Waals surface area contributed by atoms with Crippen LogP contribution in [0.5, 0.6) is 0 Å². The summed E-state index contributed by atoms with van der Waals surface area (Å²) in [5, 5.41) is 6.22. The molecule has 0 aliphatic rings. The third-order valence-corrected chi connectivity index (χ3v) is 5.05. The average molecular weight is 385 g/mol. The lowest BCUT2D eigenvalue weighted by molar-refractivity contribution is 0.854. The minimum atomic E-state index is 0.682. The number of aromatic nitrogens is 3. The van der Waals surface area contributed by atoms with Crippen LogP contribution >= 0.6 is 11.6 Å². The molecule has 5 rings (SSSR count). The number of halogens is 1. The Morgan fingerprint density at radius 1 is 0.857 bits per heavy atom. The molecule has 0 atom stereocenters. The molecule has 28 heavy (non-hydrogen) atoms. The summed E-state index contributed by atoms with van der Waals surface area (Å²) in [4.78, 5) is 9.14. The van der Waals surface area contributed by atoms with Crippen LogP contribution in [0.25, 0.3) is 21.9 Å². The van der Waals surface area contributed by atoms with Crippen LogP contribution in [0, 0.1) is 0 Å². The van der Waals surface area contributed by atoms with Crippen molar-refractivity contribution in [1.29, 1.82) is 0 Å². The Morgan fingerprint density at radius 3 is 2.54 bits per heavy atom. The molecule has 2 heterocycles. The Bertz CT molecular complexity index is 1280. The highest BCUT2D eigenvalue weighted by molar-refractivity contribution is 6.30. The van der Waals surface area contributed by atoms with Crippen molar-refractivity contribution in [2.45, 2.75) is 6.54 Å². The van der Waals surface area contributed by atoms with Crippen molar-refractivity contribution in [3.8, 4) is 0 Å². The van der Waals surface area contributed by atoms with Crippen LogP contribution in [0.15, 0.2) is 85.2 Å². The van der Waals surface area contributed by atoms with Gasteiger partial charge in [-0.3, -0.25) is 0 Å². The average Bonchev–Trinajstić information content (AvgIpc) is 3.04. The zero-order valence-corrected chi connectivity index (χ0v) is 15.8. The number of hydrogen-bond donors (Lipinski definition) is 1. The predicted octanol–water partition coefficient (Wildman–Crippen LogP) is 6.03. The highest BCUT2D eigenvalue weighted by Crippen LogP contribution is 2.33. The van der Waals surface area contributed by atoms with Crippen molar-refractivity contribution in [2.75, 3.05) is 5.32 Å². The van der Waals surface area contributed by atoms with Gasteiger partial charge in [-0.1, -0.05) is 66.2 Å². The fraction of sp³-hybridized carbons (Fsp3) is 0.0435. The van der Waals surface area contributed by atoms with Gasteiger partial charge in [0, 0.05) is 22.6 Å².